The summed E-state index contributed by atoms with van der Waals surface area (Å²) in [5.74, 6) is 0. The van der Waals surface area contributed by atoms with Crippen LogP contribution in [0.25, 0.3) is 0 Å². The van der Waals surface area contributed by atoms with Crippen molar-refractivity contribution in [3.63, 3.8) is 0 Å². The van der Waals surface area contributed by atoms with Crippen molar-refractivity contribution in [2.45, 2.75) is 17.9 Å². The van der Waals surface area contributed by atoms with E-state index in [-0.39, 0.29) is 11.6 Å². The number of aromatic amines is 1. The molecule has 7 heteroatoms. The highest BCUT2D eigenvalue weighted by atomic mass is 32.2. The molecular formula is C7H13N3O3S. The van der Waals surface area contributed by atoms with Crippen molar-refractivity contribution in [2.24, 2.45) is 0 Å². The molecule has 0 fully saturated rings. The van der Waals surface area contributed by atoms with E-state index in [1.807, 2.05) is 0 Å². The lowest BCUT2D eigenvalue weighted by molar-refractivity contribution is 0.285. The second kappa shape index (κ2) is 5.08. The van der Waals surface area contributed by atoms with Gasteiger partial charge in [0.05, 0.1) is 6.20 Å². The van der Waals surface area contributed by atoms with Gasteiger partial charge in [-0.2, -0.15) is 5.10 Å². The number of rotatable bonds is 6. The molecule has 0 aliphatic carbocycles. The van der Waals surface area contributed by atoms with Crippen molar-refractivity contribution < 1.29 is 13.5 Å². The first-order valence-corrected chi connectivity index (χ1v) is 5.75. The highest BCUT2D eigenvalue weighted by Gasteiger charge is 2.13. The van der Waals surface area contributed by atoms with Crippen molar-refractivity contribution in [2.75, 3.05) is 13.2 Å². The van der Waals surface area contributed by atoms with Gasteiger partial charge in [0.1, 0.15) is 0 Å². The summed E-state index contributed by atoms with van der Waals surface area (Å²) in [6, 6.07) is 1.38. The summed E-state index contributed by atoms with van der Waals surface area (Å²) in [7, 11) is -3.45. The predicted octanol–water partition coefficient (Wildman–Crippen LogP) is -0.540. The van der Waals surface area contributed by atoms with Gasteiger partial charge in [-0.05, 0) is 18.9 Å². The minimum absolute atomic E-state index is 0.0569. The molecule has 0 spiro atoms. The molecule has 80 valence electrons. The number of aliphatic hydroxyl groups excluding tert-OH is 1. The SMILES string of the molecule is O=S(=O)(NCCCCO)c1ccn[nH]1. The van der Waals surface area contributed by atoms with Crippen molar-refractivity contribution >= 4 is 10.0 Å². The van der Waals surface area contributed by atoms with Crippen molar-refractivity contribution in [3.8, 4) is 0 Å². The summed E-state index contributed by atoms with van der Waals surface area (Å²) < 4.78 is 25.2. The zero-order valence-electron chi connectivity index (χ0n) is 7.60. The second-order valence-electron chi connectivity index (χ2n) is 2.75. The average Bonchev–Trinajstić information content (AvgIpc) is 2.65. The van der Waals surface area contributed by atoms with Crippen LogP contribution in [0.1, 0.15) is 12.8 Å². The Labute approximate surface area is 82.4 Å². The highest BCUT2D eigenvalue weighted by Crippen LogP contribution is 2.01. The van der Waals surface area contributed by atoms with Crippen LogP contribution in [0.3, 0.4) is 0 Å². The van der Waals surface area contributed by atoms with E-state index in [0.717, 1.165) is 0 Å². The Hall–Kier alpha value is -0.920. The van der Waals surface area contributed by atoms with E-state index in [1.165, 1.54) is 12.3 Å². The number of H-pyrrole nitrogens is 1. The molecule has 0 aliphatic rings. The quantitative estimate of drug-likeness (QED) is 0.560. The Bertz CT molecular complexity index is 346. The molecule has 14 heavy (non-hydrogen) atoms. The maximum absolute atomic E-state index is 11.4. The third-order valence-electron chi connectivity index (χ3n) is 1.64. The standard InChI is InChI=1S/C7H13N3O3S/c11-6-2-1-4-9-14(12,13)7-3-5-8-10-7/h3,5,9,11H,1-2,4,6H2,(H,8,10). The molecule has 0 aliphatic heterocycles. The van der Waals surface area contributed by atoms with Gasteiger partial charge in [-0.25, -0.2) is 13.1 Å². The van der Waals surface area contributed by atoms with Gasteiger partial charge in [-0.1, -0.05) is 0 Å². The van der Waals surface area contributed by atoms with E-state index in [9.17, 15) is 8.42 Å². The molecule has 1 rings (SSSR count). The normalized spacial score (nSPS) is 11.8. The molecule has 0 radical (unpaired) electrons. The Kier molecular flexibility index (Phi) is 4.05. The molecule has 0 saturated heterocycles. The monoisotopic (exact) mass is 219 g/mol. The van der Waals surface area contributed by atoms with Gasteiger partial charge in [-0.3, -0.25) is 5.10 Å². The molecule has 0 unspecified atom stereocenters. The fourth-order valence-corrected chi connectivity index (χ4v) is 1.90. The summed E-state index contributed by atoms with van der Waals surface area (Å²) in [4.78, 5) is 0. The molecule has 0 aromatic carbocycles. The Morgan fingerprint density at radius 2 is 2.29 bits per heavy atom. The first-order valence-electron chi connectivity index (χ1n) is 4.27. The molecule has 1 aromatic rings. The van der Waals surface area contributed by atoms with Crippen molar-refractivity contribution in [3.05, 3.63) is 12.3 Å². The molecule has 0 atom stereocenters. The summed E-state index contributed by atoms with van der Waals surface area (Å²) in [5, 5.41) is 14.5. The second-order valence-corrected chi connectivity index (χ2v) is 4.48. The largest absolute Gasteiger partial charge is 0.396 e. The van der Waals surface area contributed by atoms with Crippen LogP contribution < -0.4 is 4.72 Å². The van der Waals surface area contributed by atoms with Gasteiger partial charge in [0, 0.05) is 13.2 Å². The van der Waals surface area contributed by atoms with Crippen LogP contribution in [0.4, 0.5) is 0 Å². The van der Waals surface area contributed by atoms with Crippen molar-refractivity contribution in [1.29, 1.82) is 0 Å². The third-order valence-corrected chi connectivity index (χ3v) is 3.03. The van der Waals surface area contributed by atoms with E-state index in [0.29, 0.717) is 19.4 Å². The summed E-state index contributed by atoms with van der Waals surface area (Å²) in [6.07, 6.45) is 2.58. The van der Waals surface area contributed by atoms with Gasteiger partial charge in [0.2, 0.25) is 0 Å². The van der Waals surface area contributed by atoms with Gasteiger partial charge >= 0.3 is 0 Å². The summed E-state index contributed by atoms with van der Waals surface area (Å²) in [5.41, 5.74) is 0. The number of unbranched alkanes of at least 4 members (excludes halogenated alkanes) is 1. The number of hydrogen-bond acceptors (Lipinski definition) is 4. The molecule has 3 N–H and O–H groups in total. The van der Waals surface area contributed by atoms with Gasteiger partial charge < -0.3 is 5.11 Å². The Morgan fingerprint density at radius 1 is 1.50 bits per heavy atom. The third kappa shape index (κ3) is 3.09. The fourth-order valence-electron chi connectivity index (χ4n) is 0.914. The van der Waals surface area contributed by atoms with Crippen LogP contribution in [-0.2, 0) is 10.0 Å². The topological polar surface area (TPSA) is 95.1 Å². The lowest BCUT2D eigenvalue weighted by atomic mass is 10.3. The lowest BCUT2D eigenvalue weighted by Gasteiger charge is -2.02. The van der Waals surface area contributed by atoms with Crippen LogP contribution in [0, 0.1) is 0 Å². The molecule has 0 amide bonds. The number of nitrogens with zero attached hydrogens (tertiary/aromatic N) is 1. The summed E-state index contributed by atoms with van der Waals surface area (Å²) in [6.45, 7) is 0.397. The molecule has 1 aromatic heterocycles. The average molecular weight is 219 g/mol. The molecule has 0 saturated carbocycles. The summed E-state index contributed by atoms with van der Waals surface area (Å²) >= 11 is 0. The van der Waals surface area contributed by atoms with Gasteiger partial charge in [-0.15, -0.1) is 0 Å². The van der Waals surface area contributed by atoms with Crippen molar-refractivity contribution in [1.82, 2.24) is 14.9 Å². The minimum atomic E-state index is -3.45. The number of nitrogens with one attached hydrogen (secondary N) is 2. The minimum Gasteiger partial charge on any atom is -0.396 e. The van der Waals surface area contributed by atoms with Gasteiger partial charge in [0.25, 0.3) is 10.0 Å². The number of aromatic nitrogens is 2. The zero-order valence-corrected chi connectivity index (χ0v) is 8.42. The van der Waals surface area contributed by atoms with E-state index in [1.54, 1.807) is 0 Å². The Morgan fingerprint density at radius 3 is 2.86 bits per heavy atom. The molecule has 0 bridgehead atoms. The lowest BCUT2D eigenvalue weighted by Crippen LogP contribution is -2.25. The van der Waals surface area contributed by atoms with Crippen LogP contribution in [0.5, 0.6) is 0 Å². The zero-order chi connectivity index (χ0) is 10.4. The van der Waals surface area contributed by atoms with Crippen LogP contribution >= 0.6 is 0 Å². The van der Waals surface area contributed by atoms with E-state index >= 15 is 0 Å². The molecular weight excluding hydrogens is 206 g/mol. The van der Waals surface area contributed by atoms with E-state index < -0.39 is 10.0 Å². The first-order chi connectivity index (χ1) is 6.67. The van der Waals surface area contributed by atoms with Crippen LogP contribution in [-0.4, -0.2) is 36.9 Å². The highest BCUT2D eigenvalue weighted by molar-refractivity contribution is 7.89. The van der Waals surface area contributed by atoms with E-state index in [4.69, 9.17) is 5.11 Å². The van der Waals surface area contributed by atoms with Gasteiger partial charge in [0.15, 0.2) is 5.03 Å². The maximum Gasteiger partial charge on any atom is 0.257 e. The number of aliphatic hydroxyl groups is 1. The van der Waals surface area contributed by atoms with Crippen LogP contribution in [0.15, 0.2) is 17.3 Å². The van der Waals surface area contributed by atoms with Crippen LogP contribution in [0.2, 0.25) is 0 Å². The smallest absolute Gasteiger partial charge is 0.257 e. The fraction of sp³-hybridized carbons (Fsp3) is 0.571. The van der Waals surface area contributed by atoms with E-state index in [2.05, 4.69) is 14.9 Å². The molecule has 1 heterocycles. The maximum atomic E-state index is 11.4. The predicted molar refractivity (Wildman–Crippen MR) is 50.1 cm³/mol. The number of hydrogen-bond donors (Lipinski definition) is 3. The molecule has 6 nitrogen and oxygen atoms in total. The first kappa shape index (κ1) is 11.2. The Balaban J connectivity index is 2.44. The number of sulfonamides is 1.